The van der Waals surface area contributed by atoms with E-state index in [1.165, 1.54) is 11.3 Å². The minimum absolute atomic E-state index is 0.706. The maximum atomic E-state index is 4.92. The first kappa shape index (κ1) is 12.5. The molecule has 0 spiro atoms. The van der Waals surface area contributed by atoms with Gasteiger partial charge in [-0.05, 0) is 23.8 Å². The maximum absolute atomic E-state index is 4.92. The molecule has 2 aromatic rings. The van der Waals surface area contributed by atoms with Gasteiger partial charge in [-0.2, -0.15) is 0 Å². The Hall–Kier alpha value is -2.20. The summed E-state index contributed by atoms with van der Waals surface area (Å²) in [6.07, 6.45) is 0. The van der Waals surface area contributed by atoms with Crippen LogP contribution in [0.25, 0.3) is 0 Å². The van der Waals surface area contributed by atoms with Crippen LogP contribution in [0.15, 0.2) is 52.4 Å². The van der Waals surface area contributed by atoms with Gasteiger partial charge in [0.1, 0.15) is 5.36 Å². The summed E-state index contributed by atoms with van der Waals surface area (Å²) in [6, 6.07) is 14.6. The summed E-state index contributed by atoms with van der Waals surface area (Å²) in [7, 11) is 0. The van der Waals surface area contributed by atoms with Gasteiger partial charge in [-0.1, -0.05) is 24.3 Å². The number of rotatable bonds is 1. The highest BCUT2D eigenvalue weighted by Crippen LogP contribution is 2.20. The van der Waals surface area contributed by atoms with Crippen molar-refractivity contribution in [1.82, 2.24) is 5.32 Å². The van der Waals surface area contributed by atoms with Gasteiger partial charge in [0.25, 0.3) is 0 Å². The van der Waals surface area contributed by atoms with Crippen molar-refractivity contribution in [2.75, 3.05) is 31.1 Å². The first-order valence-corrected chi connectivity index (χ1v) is 7.48. The van der Waals surface area contributed by atoms with E-state index in [1.54, 1.807) is 0 Å². The lowest BCUT2D eigenvalue weighted by molar-refractivity contribution is 0.587. The number of benzene rings is 2. The van der Waals surface area contributed by atoms with Crippen molar-refractivity contribution >= 4 is 11.4 Å². The molecule has 0 bridgehead atoms. The van der Waals surface area contributed by atoms with Crippen molar-refractivity contribution in [1.29, 1.82) is 0 Å². The molecule has 0 atom stereocenters. The molecule has 4 nitrogen and oxygen atoms in total. The Kier molecular flexibility index (Phi) is 3.16. The second kappa shape index (κ2) is 5.30. The Morgan fingerprint density at radius 1 is 0.952 bits per heavy atom. The highest BCUT2D eigenvalue weighted by molar-refractivity contribution is 5.51. The summed E-state index contributed by atoms with van der Waals surface area (Å²) in [4.78, 5) is 12.1. The number of piperazine rings is 1. The molecule has 4 rings (SSSR count). The third kappa shape index (κ3) is 2.32. The number of nitrogens with zero attached hydrogens (tertiary/aromatic N) is 3. The summed E-state index contributed by atoms with van der Waals surface area (Å²) < 4.78 is 0. The normalized spacial score (nSPS) is 17.0. The van der Waals surface area contributed by atoms with Crippen LogP contribution in [0.2, 0.25) is 0 Å². The van der Waals surface area contributed by atoms with Gasteiger partial charge in [0.2, 0.25) is 0 Å². The molecule has 2 aromatic carbocycles. The topological polar surface area (TPSA) is 40.0 Å². The van der Waals surface area contributed by atoms with E-state index in [1.807, 2.05) is 6.07 Å². The molecule has 0 saturated carbocycles. The number of hydrogen-bond donors (Lipinski definition) is 1. The van der Waals surface area contributed by atoms with E-state index in [-0.39, 0.29) is 0 Å². The zero-order valence-electron chi connectivity index (χ0n) is 11.9. The minimum Gasteiger partial charge on any atom is -0.367 e. The molecule has 0 aliphatic carbocycles. The predicted octanol–water partition coefficient (Wildman–Crippen LogP) is 1.18. The Morgan fingerprint density at radius 2 is 1.81 bits per heavy atom. The number of nitrogens with one attached hydrogen (secondary N) is 1. The zero-order valence-corrected chi connectivity index (χ0v) is 11.9. The predicted molar refractivity (Wildman–Crippen MR) is 83.6 cm³/mol. The van der Waals surface area contributed by atoms with Crippen molar-refractivity contribution < 1.29 is 0 Å². The highest BCUT2D eigenvalue weighted by atomic mass is 15.2. The lowest BCUT2D eigenvalue weighted by atomic mass is 10.2. The van der Waals surface area contributed by atoms with E-state index in [2.05, 4.69) is 46.6 Å². The molecular weight excluding hydrogens is 260 g/mol. The first-order chi connectivity index (χ1) is 10.4. The van der Waals surface area contributed by atoms with Gasteiger partial charge in [0, 0.05) is 26.2 Å². The lowest BCUT2D eigenvalue weighted by Gasteiger charge is -2.29. The molecule has 0 amide bonds. The second-order valence-corrected chi connectivity index (χ2v) is 5.44. The van der Waals surface area contributed by atoms with Gasteiger partial charge >= 0.3 is 0 Å². The van der Waals surface area contributed by atoms with Gasteiger partial charge in [-0.25, -0.2) is 4.99 Å². The SMILES string of the molecule is c1ccc2c(c1)CN=c1cccc(N3CCNCC3)c1=N2. The quantitative estimate of drug-likeness (QED) is 0.851. The standard InChI is InChI=1S/C17H18N4/c1-2-5-14-13(4-1)12-19-15-6-3-7-16(17(15)20-14)21-10-8-18-9-11-21/h1-7,18H,8-12H2. The number of anilines is 1. The molecule has 2 heterocycles. The Bertz CT molecular complexity index is 776. The minimum atomic E-state index is 0.706. The fraction of sp³-hybridized carbons (Fsp3) is 0.294. The van der Waals surface area contributed by atoms with E-state index in [0.29, 0.717) is 6.54 Å². The van der Waals surface area contributed by atoms with Crippen LogP contribution in [0.5, 0.6) is 0 Å². The average molecular weight is 278 g/mol. The van der Waals surface area contributed by atoms with Crippen LogP contribution in [-0.4, -0.2) is 26.2 Å². The molecule has 1 saturated heterocycles. The number of para-hydroxylation sites is 2. The van der Waals surface area contributed by atoms with E-state index < -0.39 is 0 Å². The summed E-state index contributed by atoms with van der Waals surface area (Å²) in [5, 5.41) is 5.42. The van der Waals surface area contributed by atoms with Crippen molar-refractivity contribution in [2.45, 2.75) is 6.54 Å². The van der Waals surface area contributed by atoms with Crippen LogP contribution in [0, 0.1) is 0 Å². The fourth-order valence-electron chi connectivity index (χ4n) is 2.97. The monoisotopic (exact) mass is 278 g/mol. The summed E-state index contributed by atoms with van der Waals surface area (Å²) >= 11 is 0. The molecule has 0 unspecified atom stereocenters. The molecule has 2 aliphatic rings. The Labute approximate surface area is 123 Å². The summed E-state index contributed by atoms with van der Waals surface area (Å²) in [5.41, 5.74) is 3.44. The lowest BCUT2D eigenvalue weighted by Crippen LogP contribution is -2.46. The van der Waals surface area contributed by atoms with E-state index >= 15 is 0 Å². The average Bonchev–Trinajstić information content (AvgIpc) is 2.74. The molecular formula is C17H18N4. The molecule has 0 aromatic heterocycles. The molecule has 0 radical (unpaired) electrons. The van der Waals surface area contributed by atoms with Gasteiger partial charge < -0.3 is 10.2 Å². The molecule has 4 heteroatoms. The van der Waals surface area contributed by atoms with Crippen LogP contribution in [0.4, 0.5) is 11.4 Å². The third-order valence-electron chi connectivity index (χ3n) is 4.09. The summed E-state index contributed by atoms with van der Waals surface area (Å²) in [6.45, 7) is 4.80. The van der Waals surface area contributed by atoms with Crippen LogP contribution >= 0.6 is 0 Å². The van der Waals surface area contributed by atoms with E-state index in [9.17, 15) is 0 Å². The van der Waals surface area contributed by atoms with Gasteiger partial charge in [0.15, 0.2) is 0 Å². The highest BCUT2D eigenvalue weighted by Gasteiger charge is 2.14. The number of fused-ring (bicyclic) bond motifs is 2. The molecule has 1 fully saturated rings. The fourth-order valence-corrected chi connectivity index (χ4v) is 2.97. The third-order valence-corrected chi connectivity index (χ3v) is 4.09. The largest absolute Gasteiger partial charge is 0.367 e. The van der Waals surface area contributed by atoms with Crippen molar-refractivity contribution in [3.8, 4) is 0 Å². The van der Waals surface area contributed by atoms with E-state index in [0.717, 1.165) is 42.6 Å². The van der Waals surface area contributed by atoms with E-state index in [4.69, 9.17) is 9.98 Å². The van der Waals surface area contributed by atoms with Gasteiger partial charge in [0.05, 0.1) is 23.3 Å². The van der Waals surface area contributed by atoms with Crippen molar-refractivity contribution in [3.05, 3.63) is 58.7 Å². The zero-order chi connectivity index (χ0) is 14.1. The Morgan fingerprint density at radius 3 is 2.71 bits per heavy atom. The molecule has 21 heavy (non-hydrogen) atoms. The smallest absolute Gasteiger partial charge is 0.112 e. The van der Waals surface area contributed by atoms with Crippen LogP contribution in [-0.2, 0) is 6.54 Å². The van der Waals surface area contributed by atoms with Crippen LogP contribution in [0.3, 0.4) is 0 Å². The Balaban J connectivity index is 1.91. The van der Waals surface area contributed by atoms with Gasteiger partial charge in [-0.3, -0.25) is 4.99 Å². The maximum Gasteiger partial charge on any atom is 0.112 e. The number of hydrogen-bond acceptors (Lipinski definition) is 4. The molecule has 2 aliphatic heterocycles. The molecule has 1 N–H and O–H groups in total. The first-order valence-electron chi connectivity index (χ1n) is 7.48. The van der Waals surface area contributed by atoms with Gasteiger partial charge in [-0.15, -0.1) is 0 Å². The van der Waals surface area contributed by atoms with Crippen LogP contribution in [0.1, 0.15) is 5.56 Å². The summed E-state index contributed by atoms with van der Waals surface area (Å²) in [5.74, 6) is 0. The molecule has 106 valence electrons. The van der Waals surface area contributed by atoms with Crippen molar-refractivity contribution in [3.63, 3.8) is 0 Å². The second-order valence-electron chi connectivity index (χ2n) is 5.44. The van der Waals surface area contributed by atoms with Crippen molar-refractivity contribution in [2.24, 2.45) is 9.98 Å². The van der Waals surface area contributed by atoms with Crippen LogP contribution < -0.4 is 20.9 Å².